The van der Waals surface area contributed by atoms with Crippen LogP contribution in [0, 0.1) is 0 Å². The van der Waals surface area contributed by atoms with Gasteiger partial charge in [0.15, 0.2) is 17.4 Å². The van der Waals surface area contributed by atoms with Crippen LogP contribution in [0.3, 0.4) is 0 Å². The predicted molar refractivity (Wildman–Crippen MR) is 83.5 cm³/mol. The third-order valence-electron chi connectivity index (χ3n) is 3.82. The summed E-state index contributed by atoms with van der Waals surface area (Å²) in [4.78, 5) is 23.5. The van der Waals surface area contributed by atoms with Crippen LogP contribution < -0.4 is 10.5 Å². The molecule has 2 aromatic rings. The van der Waals surface area contributed by atoms with E-state index in [0.29, 0.717) is 5.52 Å². The molecule has 0 aliphatic carbocycles. The second-order valence-corrected chi connectivity index (χ2v) is 5.39. The summed E-state index contributed by atoms with van der Waals surface area (Å²) < 4.78 is 24.1. The number of carbonyl (C=O) groups excluding carboxylic acids is 1. The van der Waals surface area contributed by atoms with Crippen molar-refractivity contribution in [2.75, 3.05) is 19.5 Å². The molecular weight excluding hydrogens is 334 g/mol. The van der Waals surface area contributed by atoms with Crippen molar-refractivity contribution in [1.29, 1.82) is 0 Å². The van der Waals surface area contributed by atoms with Crippen molar-refractivity contribution in [2.45, 2.75) is 37.9 Å². The third-order valence-corrected chi connectivity index (χ3v) is 3.82. The highest BCUT2D eigenvalue weighted by atomic mass is 16.6. The number of nitrogens with two attached hydrogens (primary N) is 1. The lowest BCUT2D eigenvalue weighted by Gasteiger charge is -2.16. The number of nitrogen functional groups attached to an aromatic ring is 1. The molecule has 0 spiro atoms. The zero-order valence-corrected chi connectivity index (χ0v) is 13.4. The second-order valence-electron chi connectivity index (χ2n) is 5.39. The van der Waals surface area contributed by atoms with Crippen LogP contribution in [0.5, 0.6) is 5.88 Å². The number of methoxy groups -OCH3 is 1. The maximum absolute atomic E-state index is 11.4. The van der Waals surface area contributed by atoms with E-state index in [4.69, 9.17) is 21.3 Å². The summed E-state index contributed by atoms with van der Waals surface area (Å²) in [6.45, 7) is -0.344. The summed E-state index contributed by atoms with van der Waals surface area (Å²) in [7, 11) is 1.41. The largest absolute Gasteiger partial charge is 0.479 e. The minimum absolute atomic E-state index is 0.0509. The number of carbonyl (C=O) groups is 1. The Morgan fingerprint density at radius 1 is 1.48 bits per heavy atom. The normalized spacial score (nSPS) is 26.6. The Kier molecular flexibility index (Phi) is 4.34. The Morgan fingerprint density at radius 2 is 2.28 bits per heavy atom. The number of hydrogen-bond acceptors (Lipinski definition) is 10. The first-order chi connectivity index (χ1) is 12.5. The van der Waals surface area contributed by atoms with Gasteiger partial charge in [0.2, 0.25) is 11.8 Å². The smallest absolute Gasteiger partial charge is 0.305 e. The molecule has 0 saturated carbocycles. The number of esters is 1. The molecule has 136 valence electrons. The zero-order chi connectivity index (χ0) is 18.8. The van der Waals surface area contributed by atoms with Crippen molar-refractivity contribution in [3.63, 3.8) is 0 Å². The zero-order valence-electron chi connectivity index (χ0n) is 14.4. The van der Waals surface area contributed by atoms with Crippen molar-refractivity contribution in [3.8, 4) is 5.88 Å². The molecule has 0 bridgehead atoms. The van der Waals surface area contributed by atoms with Crippen LogP contribution in [0.2, 0.25) is 0 Å². The first kappa shape index (κ1) is 16.0. The van der Waals surface area contributed by atoms with E-state index < -0.39 is 30.5 Å². The topological polar surface area (TPSA) is 155 Å². The molecule has 1 aliphatic heterocycles. The number of imidazole rings is 1. The first-order valence-electron chi connectivity index (χ1n) is 8.17. The molecule has 1 saturated heterocycles. The molecule has 4 atom stereocenters. The lowest BCUT2D eigenvalue weighted by Crippen LogP contribution is -2.34. The number of hydrogen-bond donors (Lipinski definition) is 3. The van der Waals surface area contributed by atoms with Gasteiger partial charge in [-0.3, -0.25) is 9.36 Å². The van der Waals surface area contributed by atoms with Crippen LogP contribution in [-0.4, -0.2) is 67.7 Å². The highest BCUT2D eigenvalue weighted by molar-refractivity contribution is 5.77. The molecule has 1 fully saturated rings. The summed E-state index contributed by atoms with van der Waals surface area (Å²) in [6.07, 6.45) is -3.26. The number of aliphatic hydroxyl groups is 2. The standard InChI is InChI=1S/C14H19N5O6/c1-3-7(20)24-4-6-9(21)10(22)13(25-6)19-5-16-8-11(19)17-14(15)18-12(8)23-2/h5-6,9-10,13,21-22H,3-4H2,1-2H3,(H2,15,17,18)/t6-,9-,10+,13?/m1/s1/i1D. The van der Waals surface area contributed by atoms with Gasteiger partial charge in [0.25, 0.3) is 0 Å². The van der Waals surface area contributed by atoms with Crippen LogP contribution in [0.15, 0.2) is 6.33 Å². The number of aromatic nitrogens is 4. The maximum Gasteiger partial charge on any atom is 0.305 e. The average Bonchev–Trinajstić information content (AvgIpc) is 3.15. The minimum Gasteiger partial charge on any atom is -0.479 e. The summed E-state index contributed by atoms with van der Waals surface area (Å²) in [6, 6.07) is 0. The van der Waals surface area contributed by atoms with Crippen LogP contribution in [-0.2, 0) is 14.3 Å². The lowest BCUT2D eigenvalue weighted by atomic mass is 10.1. The molecule has 0 radical (unpaired) electrons. The SMILES string of the molecule is [2H]CCC(=O)OC[C@H]1OC(n2cnc3c(OC)nc(N)nc32)[C@@H](O)[C@@H]1O. The van der Waals surface area contributed by atoms with E-state index in [0.717, 1.165) is 0 Å². The molecule has 25 heavy (non-hydrogen) atoms. The fourth-order valence-electron chi connectivity index (χ4n) is 2.58. The van der Waals surface area contributed by atoms with E-state index in [1.807, 2.05) is 0 Å². The number of rotatable bonds is 5. The molecule has 11 heteroatoms. The number of ether oxygens (including phenoxy) is 3. The van der Waals surface area contributed by atoms with E-state index in [1.165, 1.54) is 18.0 Å². The Labute approximate surface area is 143 Å². The first-order valence-corrected chi connectivity index (χ1v) is 7.46. The molecule has 1 aliphatic rings. The van der Waals surface area contributed by atoms with Crippen LogP contribution >= 0.6 is 0 Å². The van der Waals surface area contributed by atoms with Gasteiger partial charge >= 0.3 is 5.97 Å². The molecule has 3 heterocycles. The molecule has 11 nitrogen and oxygen atoms in total. The maximum atomic E-state index is 11.4. The van der Waals surface area contributed by atoms with Crippen molar-refractivity contribution in [1.82, 2.24) is 19.5 Å². The van der Waals surface area contributed by atoms with Gasteiger partial charge < -0.3 is 30.2 Å². The fourth-order valence-corrected chi connectivity index (χ4v) is 2.58. The van der Waals surface area contributed by atoms with Gasteiger partial charge in [-0.1, -0.05) is 6.90 Å². The number of anilines is 1. The summed E-state index contributed by atoms with van der Waals surface area (Å²) >= 11 is 0. The number of nitrogens with zero attached hydrogens (tertiary/aromatic N) is 4. The Balaban J connectivity index is 1.82. The molecule has 0 amide bonds. The van der Waals surface area contributed by atoms with Crippen molar-refractivity contribution < 1.29 is 30.6 Å². The summed E-state index contributed by atoms with van der Waals surface area (Å²) in [5, 5.41) is 20.5. The quantitative estimate of drug-likeness (QED) is 0.569. The van der Waals surface area contributed by atoms with E-state index in [9.17, 15) is 15.0 Å². The Hall–Kier alpha value is -2.50. The predicted octanol–water partition coefficient (Wildman–Crippen LogP) is -1.01. The van der Waals surface area contributed by atoms with Crippen LogP contribution in [0.4, 0.5) is 5.95 Å². The van der Waals surface area contributed by atoms with E-state index in [2.05, 4.69) is 15.0 Å². The van der Waals surface area contributed by atoms with E-state index >= 15 is 0 Å². The molecular formula is C14H19N5O6. The summed E-state index contributed by atoms with van der Waals surface area (Å²) in [5.41, 5.74) is 6.24. The highest BCUT2D eigenvalue weighted by Crippen LogP contribution is 2.33. The number of aliphatic hydroxyl groups excluding tert-OH is 2. The van der Waals surface area contributed by atoms with Crippen molar-refractivity contribution >= 4 is 23.1 Å². The molecule has 2 aromatic heterocycles. The van der Waals surface area contributed by atoms with Crippen LogP contribution in [0.25, 0.3) is 11.2 Å². The van der Waals surface area contributed by atoms with Crippen molar-refractivity contribution in [2.24, 2.45) is 0 Å². The van der Waals surface area contributed by atoms with E-state index in [-0.39, 0.29) is 37.4 Å². The van der Waals surface area contributed by atoms with Gasteiger partial charge in [-0.25, -0.2) is 4.98 Å². The van der Waals surface area contributed by atoms with Gasteiger partial charge in [0.1, 0.15) is 24.9 Å². The van der Waals surface area contributed by atoms with Gasteiger partial charge in [0.05, 0.1) is 13.4 Å². The van der Waals surface area contributed by atoms with Gasteiger partial charge in [0, 0.05) is 7.79 Å². The van der Waals surface area contributed by atoms with Gasteiger partial charge in [-0.05, 0) is 0 Å². The molecule has 4 N–H and O–H groups in total. The third kappa shape index (κ3) is 3.08. The molecule has 0 aromatic carbocycles. The van der Waals surface area contributed by atoms with Crippen LogP contribution in [0.1, 0.15) is 20.9 Å². The summed E-state index contributed by atoms with van der Waals surface area (Å²) in [5.74, 6) is -0.461. The molecule has 3 rings (SSSR count). The molecule has 1 unspecified atom stereocenters. The lowest BCUT2D eigenvalue weighted by molar-refractivity contribution is -0.149. The Bertz CT molecular complexity index is 801. The monoisotopic (exact) mass is 354 g/mol. The van der Waals surface area contributed by atoms with Crippen molar-refractivity contribution in [3.05, 3.63) is 6.33 Å². The number of fused-ring (bicyclic) bond motifs is 1. The van der Waals surface area contributed by atoms with Gasteiger partial charge in [-0.15, -0.1) is 0 Å². The fraction of sp³-hybridized carbons (Fsp3) is 0.571. The second kappa shape index (κ2) is 6.78. The van der Waals surface area contributed by atoms with E-state index in [1.54, 1.807) is 0 Å². The average molecular weight is 354 g/mol. The van der Waals surface area contributed by atoms with Gasteiger partial charge in [-0.2, -0.15) is 9.97 Å². The highest BCUT2D eigenvalue weighted by Gasteiger charge is 2.45. The Morgan fingerprint density at radius 3 is 3.00 bits per heavy atom. The minimum atomic E-state index is -1.31.